The van der Waals surface area contributed by atoms with Crippen molar-refractivity contribution < 1.29 is 8.42 Å². The molecule has 3 fully saturated rings. The second-order valence-corrected chi connectivity index (χ2v) is 8.75. The molecule has 0 saturated carbocycles. The van der Waals surface area contributed by atoms with Crippen LogP contribution in [0, 0.1) is 11.8 Å². The van der Waals surface area contributed by atoms with Gasteiger partial charge >= 0.3 is 0 Å². The van der Waals surface area contributed by atoms with Gasteiger partial charge in [0.25, 0.3) is 0 Å². The molecule has 5 nitrogen and oxygen atoms in total. The number of fused-ring (bicyclic) bond motifs is 4. The third kappa shape index (κ3) is 3.10. The first-order valence-corrected chi connectivity index (χ1v) is 10.3. The highest BCUT2D eigenvalue weighted by molar-refractivity contribution is 7.89. The number of nitrogens with zero attached hydrogens (tertiary/aromatic N) is 2. The molecule has 1 aromatic heterocycles. The van der Waals surface area contributed by atoms with Crippen LogP contribution in [0.15, 0.2) is 54.1 Å². The Labute approximate surface area is 148 Å². The Morgan fingerprint density at radius 1 is 1.32 bits per heavy atom. The Balaban J connectivity index is 1.52. The molecule has 4 heterocycles. The van der Waals surface area contributed by atoms with E-state index in [1.807, 2.05) is 18.2 Å². The van der Waals surface area contributed by atoms with Crippen LogP contribution in [0.25, 0.3) is 10.9 Å². The number of hydrogen-bond donors (Lipinski definition) is 1. The van der Waals surface area contributed by atoms with Gasteiger partial charge in [0.15, 0.2) is 0 Å². The van der Waals surface area contributed by atoms with Gasteiger partial charge < -0.3 is 0 Å². The lowest BCUT2D eigenvalue weighted by Gasteiger charge is -2.49. The summed E-state index contributed by atoms with van der Waals surface area (Å²) in [6.07, 6.45) is 5.90. The summed E-state index contributed by atoms with van der Waals surface area (Å²) >= 11 is 0. The lowest BCUT2D eigenvalue weighted by Crippen LogP contribution is -2.56. The molecule has 1 aromatic carbocycles. The molecular formula is C19H23N3O2S. The molecule has 0 amide bonds. The molecule has 0 spiro atoms. The average Bonchev–Trinajstić information content (AvgIpc) is 2.66. The summed E-state index contributed by atoms with van der Waals surface area (Å²) in [5, 5.41) is 0.833. The van der Waals surface area contributed by atoms with Gasteiger partial charge in [-0.1, -0.05) is 24.3 Å². The molecular weight excluding hydrogens is 334 g/mol. The molecule has 2 bridgehead atoms. The van der Waals surface area contributed by atoms with E-state index in [0.717, 1.165) is 24.9 Å². The van der Waals surface area contributed by atoms with E-state index in [1.165, 1.54) is 6.42 Å². The standard InChI is InChI=1S/C19H23N3O2S/c1-2-14-13-22-10-8-16(14)11-17(22)12-21-25(23,24)18-7-3-5-15-6-4-9-20-19(15)18/h2-7,9,14,16-17,21H,1,8,10-13H2/t14-,16-,17+/m0/s1. The summed E-state index contributed by atoms with van der Waals surface area (Å²) in [4.78, 5) is 6.91. The van der Waals surface area contributed by atoms with Crippen LogP contribution in [0.3, 0.4) is 0 Å². The monoisotopic (exact) mass is 357 g/mol. The van der Waals surface area contributed by atoms with Crippen LogP contribution in [0.1, 0.15) is 12.8 Å². The van der Waals surface area contributed by atoms with E-state index in [0.29, 0.717) is 23.9 Å². The van der Waals surface area contributed by atoms with Crippen molar-refractivity contribution in [2.45, 2.75) is 23.8 Å². The molecule has 1 unspecified atom stereocenters. The Bertz CT molecular complexity index is 891. The van der Waals surface area contributed by atoms with Crippen molar-refractivity contribution in [2.75, 3.05) is 19.6 Å². The van der Waals surface area contributed by atoms with Gasteiger partial charge in [0.05, 0.1) is 5.52 Å². The molecule has 3 saturated heterocycles. The highest BCUT2D eigenvalue weighted by Gasteiger charge is 2.39. The van der Waals surface area contributed by atoms with Crippen LogP contribution in [-0.4, -0.2) is 44.0 Å². The van der Waals surface area contributed by atoms with Gasteiger partial charge in [-0.05, 0) is 43.4 Å². The molecule has 0 aliphatic carbocycles. The summed E-state index contributed by atoms with van der Waals surface area (Å²) in [7, 11) is -3.58. The fourth-order valence-corrected chi connectivity index (χ4v) is 5.49. The number of para-hydroxylation sites is 1. The summed E-state index contributed by atoms with van der Waals surface area (Å²) < 4.78 is 28.5. The van der Waals surface area contributed by atoms with Gasteiger partial charge in [-0.3, -0.25) is 9.88 Å². The molecule has 4 atom stereocenters. The van der Waals surface area contributed by atoms with E-state index in [-0.39, 0.29) is 10.9 Å². The number of hydrogen-bond acceptors (Lipinski definition) is 4. The van der Waals surface area contributed by atoms with E-state index >= 15 is 0 Å². The zero-order valence-electron chi connectivity index (χ0n) is 14.1. The summed E-state index contributed by atoms with van der Waals surface area (Å²) in [5.74, 6) is 1.18. The fraction of sp³-hybridized carbons (Fsp3) is 0.421. The number of aromatic nitrogens is 1. The van der Waals surface area contributed by atoms with Crippen LogP contribution in [0.2, 0.25) is 0 Å². The molecule has 0 radical (unpaired) electrons. The number of piperidine rings is 3. The first-order chi connectivity index (χ1) is 12.1. The van der Waals surface area contributed by atoms with Crippen molar-refractivity contribution in [2.24, 2.45) is 11.8 Å². The van der Waals surface area contributed by atoms with Crippen molar-refractivity contribution in [3.8, 4) is 0 Å². The molecule has 3 aliphatic rings. The van der Waals surface area contributed by atoms with Crippen molar-refractivity contribution in [3.05, 3.63) is 49.2 Å². The number of sulfonamides is 1. The highest BCUT2D eigenvalue weighted by Crippen LogP contribution is 2.36. The van der Waals surface area contributed by atoms with Crippen LogP contribution >= 0.6 is 0 Å². The molecule has 3 aliphatic heterocycles. The lowest BCUT2D eigenvalue weighted by atomic mass is 9.76. The Morgan fingerprint density at radius 2 is 2.16 bits per heavy atom. The SMILES string of the molecule is C=C[C@H]1CN2CC[C@H]1C[C@@H]2CNS(=O)(=O)c1cccc2cccnc12. The average molecular weight is 357 g/mol. The first-order valence-electron chi connectivity index (χ1n) is 8.78. The number of benzene rings is 1. The fourth-order valence-electron chi connectivity index (χ4n) is 4.24. The van der Waals surface area contributed by atoms with Crippen molar-refractivity contribution in [3.63, 3.8) is 0 Å². The molecule has 25 heavy (non-hydrogen) atoms. The van der Waals surface area contributed by atoms with E-state index < -0.39 is 10.0 Å². The maximum atomic E-state index is 12.8. The van der Waals surface area contributed by atoms with Gasteiger partial charge in [0.2, 0.25) is 10.0 Å². The maximum absolute atomic E-state index is 12.8. The van der Waals surface area contributed by atoms with E-state index in [2.05, 4.69) is 27.3 Å². The van der Waals surface area contributed by atoms with Gasteiger partial charge in [0.1, 0.15) is 4.90 Å². The lowest BCUT2D eigenvalue weighted by molar-refractivity contribution is 0.0218. The number of nitrogens with one attached hydrogen (secondary N) is 1. The van der Waals surface area contributed by atoms with Crippen molar-refractivity contribution in [1.82, 2.24) is 14.6 Å². The normalized spacial score (nSPS) is 29.0. The zero-order valence-corrected chi connectivity index (χ0v) is 15.0. The van der Waals surface area contributed by atoms with Gasteiger partial charge in [-0.2, -0.15) is 0 Å². The minimum atomic E-state index is -3.58. The first kappa shape index (κ1) is 16.7. The second kappa shape index (κ2) is 6.52. The van der Waals surface area contributed by atoms with Crippen molar-refractivity contribution in [1.29, 1.82) is 0 Å². The minimum Gasteiger partial charge on any atom is -0.298 e. The summed E-state index contributed by atoms with van der Waals surface area (Å²) in [5.41, 5.74) is 0.523. The van der Waals surface area contributed by atoms with E-state index in [4.69, 9.17) is 0 Å². The predicted octanol–water partition coefficient (Wildman–Crippen LogP) is 2.41. The Morgan fingerprint density at radius 3 is 2.92 bits per heavy atom. The third-order valence-corrected chi connectivity index (χ3v) is 7.08. The Kier molecular flexibility index (Phi) is 4.35. The molecule has 132 valence electrons. The van der Waals surface area contributed by atoms with Gasteiger partial charge in [-0.25, -0.2) is 13.1 Å². The third-order valence-electron chi connectivity index (χ3n) is 5.63. The zero-order chi connectivity index (χ0) is 17.4. The van der Waals surface area contributed by atoms with Crippen LogP contribution in [-0.2, 0) is 10.0 Å². The van der Waals surface area contributed by atoms with Crippen LogP contribution in [0.5, 0.6) is 0 Å². The molecule has 1 N–H and O–H groups in total. The largest absolute Gasteiger partial charge is 0.298 e. The predicted molar refractivity (Wildman–Crippen MR) is 98.7 cm³/mol. The quantitative estimate of drug-likeness (QED) is 0.835. The number of pyridine rings is 1. The van der Waals surface area contributed by atoms with E-state index in [1.54, 1.807) is 18.3 Å². The summed E-state index contributed by atoms with van der Waals surface area (Å²) in [6.45, 7) is 6.44. The van der Waals surface area contributed by atoms with Crippen molar-refractivity contribution >= 4 is 20.9 Å². The molecule has 5 rings (SSSR count). The minimum absolute atomic E-state index is 0.255. The Hall–Kier alpha value is -1.76. The number of rotatable bonds is 5. The van der Waals surface area contributed by atoms with Crippen LogP contribution < -0.4 is 4.72 Å². The van der Waals surface area contributed by atoms with E-state index in [9.17, 15) is 8.42 Å². The highest BCUT2D eigenvalue weighted by atomic mass is 32.2. The van der Waals surface area contributed by atoms with Gasteiger partial charge in [0, 0.05) is 30.7 Å². The van der Waals surface area contributed by atoms with Crippen LogP contribution in [0.4, 0.5) is 0 Å². The summed E-state index contributed by atoms with van der Waals surface area (Å²) in [6, 6.07) is 9.23. The second-order valence-electron chi connectivity index (χ2n) is 7.02. The van der Waals surface area contributed by atoms with Gasteiger partial charge in [-0.15, -0.1) is 6.58 Å². The smallest absolute Gasteiger partial charge is 0.242 e. The molecule has 2 aromatic rings. The topological polar surface area (TPSA) is 62.3 Å². The molecule has 6 heteroatoms. The maximum Gasteiger partial charge on any atom is 0.242 e.